The number of para-hydroxylation sites is 3. The first kappa shape index (κ1) is 30.0. The number of rotatable bonds is 7. The molecule has 0 spiro atoms. The average molecular weight is 643 g/mol. The fourth-order valence-electron chi connectivity index (χ4n) is 8.09. The van der Waals surface area contributed by atoms with E-state index in [1.54, 1.807) is 0 Å². The lowest BCUT2D eigenvalue weighted by atomic mass is 9.81. The number of hydrogen-bond donors (Lipinski definition) is 0. The van der Waals surface area contributed by atoms with Gasteiger partial charge in [0.05, 0.1) is 11.4 Å². The van der Waals surface area contributed by atoms with Crippen LogP contribution in [0, 0.1) is 0 Å². The minimum absolute atomic E-state index is 0.142. The van der Waals surface area contributed by atoms with Crippen LogP contribution < -0.4 is 9.80 Å². The maximum atomic E-state index is 2.53. The number of fused-ring (bicyclic) bond motifs is 5. The van der Waals surface area contributed by atoms with Crippen molar-refractivity contribution >= 4 is 50.0 Å². The SMILES string of the molecule is CC1(C)c2ccccc2-c2cc3c(N(Cc4ccccc4)c4ccccc4)c4ccccc4c(N(c4ccccc4)c4ccccc4)c3cc21. The standard InChI is InChI=1S/C48H38N2/c1-48(2)44-30-18-17-27-38(44)41-31-42-43(32-45(41)48)47(50(36-23-11-5-12-24-36)37-25-13-6-14-26-37)40-29-16-15-28-39(40)46(42)49(35-21-9-4-10-22-35)33-34-19-7-3-8-20-34/h3-32H,33H2,1-2H3. The van der Waals surface area contributed by atoms with E-state index in [1.807, 2.05) is 0 Å². The molecule has 0 heterocycles. The molecular formula is C48H38N2. The molecule has 240 valence electrons. The predicted octanol–water partition coefficient (Wildman–Crippen LogP) is 13.1. The van der Waals surface area contributed by atoms with Gasteiger partial charge in [0, 0.05) is 50.6 Å². The first-order chi connectivity index (χ1) is 24.6. The molecule has 0 amide bonds. The van der Waals surface area contributed by atoms with Crippen LogP contribution in [0.4, 0.5) is 28.4 Å². The number of hydrogen-bond acceptors (Lipinski definition) is 2. The Balaban J connectivity index is 1.46. The molecule has 0 radical (unpaired) electrons. The molecule has 0 bridgehead atoms. The molecule has 1 aliphatic carbocycles. The van der Waals surface area contributed by atoms with Crippen LogP contribution >= 0.6 is 0 Å². The molecule has 0 aromatic heterocycles. The van der Waals surface area contributed by atoms with Crippen molar-refractivity contribution in [2.75, 3.05) is 9.80 Å². The van der Waals surface area contributed by atoms with Gasteiger partial charge in [-0.25, -0.2) is 0 Å². The third-order valence-electron chi connectivity index (χ3n) is 10.4. The monoisotopic (exact) mass is 642 g/mol. The third kappa shape index (κ3) is 4.87. The Morgan fingerprint density at radius 3 is 1.50 bits per heavy atom. The van der Waals surface area contributed by atoms with Gasteiger partial charge in [0.2, 0.25) is 0 Å². The number of benzene rings is 8. The molecule has 1 aliphatic rings. The highest BCUT2D eigenvalue weighted by Gasteiger charge is 2.37. The summed E-state index contributed by atoms with van der Waals surface area (Å²) in [6.07, 6.45) is 0. The fourth-order valence-corrected chi connectivity index (χ4v) is 8.09. The Morgan fingerprint density at radius 1 is 0.400 bits per heavy atom. The van der Waals surface area contributed by atoms with E-state index in [0.29, 0.717) is 0 Å². The highest BCUT2D eigenvalue weighted by molar-refractivity contribution is 6.23. The van der Waals surface area contributed by atoms with Gasteiger partial charge in [-0.3, -0.25) is 0 Å². The molecule has 0 fully saturated rings. The molecule has 0 unspecified atom stereocenters. The lowest BCUT2D eigenvalue weighted by molar-refractivity contribution is 0.661. The van der Waals surface area contributed by atoms with Crippen molar-refractivity contribution in [3.05, 3.63) is 199 Å². The molecule has 0 saturated carbocycles. The Morgan fingerprint density at radius 2 is 0.880 bits per heavy atom. The van der Waals surface area contributed by atoms with Crippen LogP contribution in [-0.2, 0) is 12.0 Å². The van der Waals surface area contributed by atoms with Crippen LogP contribution in [0.1, 0.15) is 30.5 Å². The Kier molecular flexibility index (Phi) is 7.25. The fraction of sp³-hybridized carbons (Fsp3) is 0.0833. The summed E-state index contributed by atoms with van der Waals surface area (Å²) in [5.74, 6) is 0. The van der Waals surface area contributed by atoms with E-state index in [1.165, 1.54) is 66.4 Å². The summed E-state index contributed by atoms with van der Waals surface area (Å²) in [5, 5.41) is 4.91. The molecule has 0 atom stereocenters. The van der Waals surface area contributed by atoms with Crippen LogP contribution in [-0.4, -0.2) is 0 Å². The lowest BCUT2D eigenvalue weighted by Gasteiger charge is -2.33. The zero-order chi connectivity index (χ0) is 33.7. The highest BCUT2D eigenvalue weighted by atomic mass is 15.2. The van der Waals surface area contributed by atoms with Crippen molar-refractivity contribution in [3.63, 3.8) is 0 Å². The second kappa shape index (κ2) is 12.1. The maximum absolute atomic E-state index is 2.53. The average Bonchev–Trinajstić information content (AvgIpc) is 3.40. The normalized spacial score (nSPS) is 12.8. The van der Waals surface area contributed by atoms with Gasteiger partial charge >= 0.3 is 0 Å². The predicted molar refractivity (Wildman–Crippen MR) is 212 cm³/mol. The van der Waals surface area contributed by atoms with E-state index in [9.17, 15) is 0 Å². The molecule has 8 aromatic rings. The zero-order valence-electron chi connectivity index (χ0n) is 28.4. The minimum atomic E-state index is -0.142. The van der Waals surface area contributed by atoms with Gasteiger partial charge in [-0.15, -0.1) is 0 Å². The Bertz CT molecular complexity index is 2430. The van der Waals surface area contributed by atoms with Gasteiger partial charge in [-0.1, -0.05) is 147 Å². The molecule has 2 nitrogen and oxygen atoms in total. The first-order valence-corrected chi connectivity index (χ1v) is 17.5. The quantitative estimate of drug-likeness (QED) is 0.126. The van der Waals surface area contributed by atoms with Crippen molar-refractivity contribution in [1.82, 2.24) is 0 Å². The molecule has 9 rings (SSSR count). The van der Waals surface area contributed by atoms with Gasteiger partial charge < -0.3 is 9.80 Å². The summed E-state index contributed by atoms with van der Waals surface area (Å²) in [6.45, 7) is 5.50. The van der Waals surface area contributed by atoms with E-state index in [0.717, 1.165) is 17.9 Å². The van der Waals surface area contributed by atoms with Crippen molar-refractivity contribution in [2.45, 2.75) is 25.8 Å². The maximum Gasteiger partial charge on any atom is 0.0620 e. The van der Waals surface area contributed by atoms with Crippen LogP contribution in [0.3, 0.4) is 0 Å². The van der Waals surface area contributed by atoms with E-state index in [2.05, 4.69) is 206 Å². The topological polar surface area (TPSA) is 6.48 Å². The Labute approximate surface area is 294 Å². The van der Waals surface area contributed by atoms with Crippen LogP contribution in [0.15, 0.2) is 182 Å². The summed E-state index contributed by atoms with van der Waals surface area (Å²) in [6, 6.07) is 66.3. The van der Waals surface area contributed by atoms with Gasteiger partial charge in [0.15, 0.2) is 0 Å². The van der Waals surface area contributed by atoms with Crippen LogP contribution in [0.5, 0.6) is 0 Å². The molecule has 0 aliphatic heterocycles. The van der Waals surface area contributed by atoms with Crippen molar-refractivity contribution in [1.29, 1.82) is 0 Å². The molecule has 50 heavy (non-hydrogen) atoms. The number of anilines is 5. The van der Waals surface area contributed by atoms with Crippen LogP contribution in [0.25, 0.3) is 32.7 Å². The molecular weight excluding hydrogens is 605 g/mol. The molecule has 0 saturated heterocycles. The largest absolute Gasteiger partial charge is 0.336 e. The first-order valence-electron chi connectivity index (χ1n) is 17.5. The van der Waals surface area contributed by atoms with Gasteiger partial charge in [-0.2, -0.15) is 0 Å². The second-order valence-corrected chi connectivity index (χ2v) is 13.8. The van der Waals surface area contributed by atoms with Gasteiger partial charge in [-0.05, 0) is 76.3 Å². The van der Waals surface area contributed by atoms with Gasteiger partial charge in [0.1, 0.15) is 0 Å². The smallest absolute Gasteiger partial charge is 0.0620 e. The lowest BCUT2D eigenvalue weighted by Crippen LogP contribution is -2.19. The molecule has 0 N–H and O–H groups in total. The van der Waals surface area contributed by atoms with E-state index < -0.39 is 0 Å². The Hall–Kier alpha value is -6.12. The summed E-state index contributed by atoms with van der Waals surface area (Å²) >= 11 is 0. The van der Waals surface area contributed by atoms with E-state index in [4.69, 9.17) is 0 Å². The van der Waals surface area contributed by atoms with Gasteiger partial charge in [0.25, 0.3) is 0 Å². The van der Waals surface area contributed by atoms with E-state index >= 15 is 0 Å². The summed E-state index contributed by atoms with van der Waals surface area (Å²) in [5.41, 5.74) is 12.4. The summed E-state index contributed by atoms with van der Waals surface area (Å²) in [4.78, 5) is 4.98. The minimum Gasteiger partial charge on any atom is -0.336 e. The third-order valence-corrected chi connectivity index (χ3v) is 10.4. The van der Waals surface area contributed by atoms with Crippen LogP contribution in [0.2, 0.25) is 0 Å². The molecule has 8 aromatic carbocycles. The summed E-state index contributed by atoms with van der Waals surface area (Å²) < 4.78 is 0. The molecule has 2 heteroatoms. The second-order valence-electron chi connectivity index (χ2n) is 13.8. The number of nitrogens with zero attached hydrogens (tertiary/aromatic N) is 2. The zero-order valence-corrected chi connectivity index (χ0v) is 28.4. The van der Waals surface area contributed by atoms with E-state index in [-0.39, 0.29) is 5.41 Å². The van der Waals surface area contributed by atoms with Crippen molar-refractivity contribution in [3.8, 4) is 11.1 Å². The van der Waals surface area contributed by atoms with Crippen molar-refractivity contribution in [2.24, 2.45) is 0 Å². The van der Waals surface area contributed by atoms with Crippen molar-refractivity contribution < 1.29 is 0 Å². The summed E-state index contributed by atoms with van der Waals surface area (Å²) in [7, 11) is 0. The highest BCUT2D eigenvalue weighted by Crippen LogP contribution is 2.55.